The minimum atomic E-state index is -2.72. The lowest BCUT2D eigenvalue weighted by Crippen LogP contribution is -2.48. The topological polar surface area (TPSA) is 58.9 Å². The first-order chi connectivity index (χ1) is 8.18. The van der Waals surface area contributed by atoms with Crippen molar-refractivity contribution in [1.29, 1.82) is 0 Å². The average molecular weight is 307 g/mol. The van der Waals surface area contributed by atoms with Gasteiger partial charge in [-0.1, -0.05) is 13.8 Å². The summed E-state index contributed by atoms with van der Waals surface area (Å²) in [5.41, 5.74) is -0.145. The van der Waals surface area contributed by atoms with Crippen molar-refractivity contribution in [2.24, 2.45) is 5.41 Å². The van der Waals surface area contributed by atoms with Crippen LogP contribution in [0.5, 0.6) is 0 Å². The van der Waals surface area contributed by atoms with Crippen molar-refractivity contribution >= 4 is 16.9 Å². The van der Waals surface area contributed by atoms with Gasteiger partial charge in [-0.05, 0) is 51.5 Å². The normalized spacial score (nSPS) is 17.4. The maximum absolute atomic E-state index is 10.1. The fourth-order valence-electron chi connectivity index (χ4n) is 2.92. The number of ether oxygens (including phenoxy) is 1. The Bertz CT molecular complexity index is 281. The van der Waals surface area contributed by atoms with Gasteiger partial charge in [-0.15, -0.1) is 0 Å². The highest BCUT2D eigenvalue weighted by molar-refractivity contribution is 6.69. The van der Waals surface area contributed by atoms with Crippen molar-refractivity contribution in [2.45, 2.75) is 65.2 Å². The van der Waals surface area contributed by atoms with Crippen molar-refractivity contribution in [3.63, 3.8) is 0 Å². The highest BCUT2D eigenvalue weighted by atomic mass is 28.4. The van der Waals surface area contributed by atoms with E-state index in [1.165, 1.54) is 0 Å². The van der Waals surface area contributed by atoms with Crippen molar-refractivity contribution in [3.8, 4) is 0 Å². The van der Waals surface area contributed by atoms with Crippen LogP contribution in [0.4, 0.5) is 0 Å². The molecule has 0 heterocycles. The molecule has 0 aliphatic rings. The number of hydrogen-bond acceptors (Lipinski definition) is 4. The smallest absolute Gasteiger partial charge is 0.331 e. The molecule has 114 valence electrons. The second-order valence-electron chi connectivity index (χ2n) is 7.32. The Hall–Kier alpha value is 0.274. The fraction of sp³-hybridized carbons (Fsp3) is 0.923. The summed E-state index contributed by atoms with van der Waals surface area (Å²) < 4.78 is 11.3. The molecule has 0 aliphatic heterocycles. The maximum atomic E-state index is 10.1. The molecule has 0 aromatic rings. The standard InChI is InChI=1S/C13H30O4Si2/c1-9-16-13(4,17-19(7,8)15)10-12(2,3)11-18(5,6)14/h1,14-15H,9-11H2,2-8H3. The SMILES string of the molecule is [CH]COC(C)(CC(C)(C)C[Si](C)(C)O)O[Si](C)(C)O. The van der Waals surface area contributed by atoms with Crippen LogP contribution >= 0.6 is 0 Å². The largest absolute Gasteiger partial charge is 0.432 e. The van der Waals surface area contributed by atoms with Crippen LogP contribution in [0.15, 0.2) is 0 Å². The molecule has 2 radical (unpaired) electrons. The minimum absolute atomic E-state index is 0.0387. The van der Waals surface area contributed by atoms with E-state index in [4.69, 9.17) is 16.1 Å². The van der Waals surface area contributed by atoms with Crippen molar-refractivity contribution in [3.05, 3.63) is 6.92 Å². The van der Waals surface area contributed by atoms with Gasteiger partial charge in [0.25, 0.3) is 0 Å². The Morgan fingerprint density at radius 1 is 1.05 bits per heavy atom. The molecular formula is C13H30O4Si2. The molecule has 1 unspecified atom stereocenters. The lowest BCUT2D eigenvalue weighted by atomic mass is 9.87. The monoisotopic (exact) mass is 306 g/mol. The van der Waals surface area contributed by atoms with Gasteiger partial charge in [0.15, 0.2) is 14.1 Å². The highest BCUT2D eigenvalue weighted by Crippen LogP contribution is 2.38. The van der Waals surface area contributed by atoms with E-state index in [1.807, 2.05) is 13.1 Å². The lowest BCUT2D eigenvalue weighted by Gasteiger charge is -2.41. The molecular weight excluding hydrogens is 276 g/mol. The van der Waals surface area contributed by atoms with Crippen molar-refractivity contribution < 1.29 is 18.8 Å². The van der Waals surface area contributed by atoms with Crippen LogP contribution in [-0.4, -0.2) is 38.9 Å². The van der Waals surface area contributed by atoms with E-state index in [9.17, 15) is 9.59 Å². The summed E-state index contributed by atoms with van der Waals surface area (Å²) in [6.45, 7) is 18.7. The highest BCUT2D eigenvalue weighted by Gasteiger charge is 2.41. The zero-order valence-electron chi connectivity index (χ0n) is 13.4. The molecule has 0 fully saturated rings. The summed E-state index contributed by atoms with van der Waals surface area (Å²) in [6, 6.07) is 0.736. The molecule has 4 nitrogen and oxygen atoms in total. The van der Waals surface area contributed by atoms with Crippen LogP contribution in [0.2, 0.25) is 32.2 Å². The first-order valence-electron chi connectivity index (χ1n) is 6.67. The van der Waals surface area contributed by atoms with Gasteiger partial charge in [-0.3, -0.25) is 0 Å². The molecule has 0 amide bonds. The third-order valence-corrected chi connectivity index (χ3v) is 5.32. The van der Waals surface area contributed by atoms with Crippen LogP contribution in [-0.2, 0) is 9.16 Å². The Morgan fingerprint density at radius 2 is 1.53 bits per heavy atom. The zero-order chi connectivity index (χ0) is 15.5. The molecule has 0 saturated heterocycles. The van der Waals surface area contributed by atoms with E-state index in [0.717, 1.165) is 6.04 Å². The Balaban J connectivity index is 4.91. The minimum Gasteiger partial charge on any atom is -0.432 e. The Morgan fingerprint density at radius 3 is 1.84 bits per heavy atom. The van der Waals surface area contributed by atoms with Crippen LogP contribution in [0.25, 0.3) is 0 Å². The molecule has 0 aromatic heterocycles. The van der Waals surface area contributed by atoms with E-state index in [2.05, 4.69) is 13.8 Å². The quantitative estimate of drug-likeness (QED) is 0.535. The summed E-state index contributed by atoms with van der Waals surface area (Å²) >= 11 is 0. The van der Waals surface area contributed by atoms with Crippen LogP contribution < -0.4 is 0 Å². The molecule has 0 aromatic carbocycles. The second kappa shape index (κ2) is 6.36. The van der Waals surface area contributed by atoms with Crippen LogP contribution in [0.1, 0.15) is 27.2 Å². The van der Waals surface area contributed by atoms with Gasteiger partial charge < -0.3 is 18.8 Å². The molecule has 6 heteroatoms. The van der Waals surface area contributed by atoms with E-state index in [0.29, 0.717) is 6.42 Å². The Labute approximate surface area is 120 Å². The van der Waals surface area contributed by atoms with Gasteiger partial charge in [0.1, 0.15) is 0 Å². The lowest BCUT2D eigenvalue weighted by molar-refractivity contribution is -0.193. The molecule has 0 rings (SSSR count). The van der Waals surface area contributed by atoms with Crippen LogP contribution in [0.3, 0.4) is 0 Å². The predicted octanol–water partition coefficient (Wildman–Crippen LogP) is 2.75. The third-order valence-electron chi connectivity index (χ3n) is 2.57. The van der Waals surface area contributed by atoms with Gasteiger partial charge in [-0.25, -0.2) is 0 Å². The van der Waals surface area contributed by atoms with E-state index in [1.54, 1.807) is 20.0 Å². The zero-order valence-corrected chi connectivity index (χ0v) is 15.4. The predicted molar refractivity (Wildman–Crippen MR) is 82.3 cm³/mol. The Kier molecular flexibility index (Phi) is 6.45. The van der Waals surface area contributed by atoms with E-state index in [-0.39, 0.29) is 12.0 Å². The number of rotatable bonds is 8. The third kappa shape index (κ3) is 9.75. The summed E-state index contributed by atoms with van der Waals surface area (Å²) in [5.74, 6) is -0.914. The average Bonchev–Trinajstić information content (AvgIpc) is 1.90. The molecule has 0 saturated carbocycles. The summed E-state index contributed by atoms with van der Waals surface area (Å²) in [4.78, 5) is 20.1. The summed E-state index contributed by atoms with van der Waals surface area (Å²) in [5, 5.41) is 0. The van der Waals surface area contributed by atoms with E-state index >= 15 is 0 Å². The van der Waals surface area contributed by atoms with Crippen molar-refractivity contribution in [1.82, 2.24) is 0 Å². The molecule has 0 spiro atoms. The van der Waals surface area contributed by atoms with Crippen LogP contribution in [0, 0.1) is 12.3 Å². The van der Waals surface area contributed by atoms with Gasteiger partial charge in [0.2, 0.25) is 0 Å². The molecule has 19 heavy (non-hydrogen) atoms. The maximum Gasteiger partial charge on any atom is 0.331 e. The first-order valence-corrected chi connectivity index (χ1v) is 12.7. The first kappa shape index (κ1) is 19.3. The van der Waals surface area contributed by atoms with Gasteiger partial charge in [0.05, 0.1) is 6.61 Å². The number of hydrogen-bond donors (Lipinski definition) is 2. The van der Waals surface area contributed by atoms with E-state index < -0.39 is 22.7 Å². The van der Waals surface area contributed by atoms with Gasteiger partial charge in [0, 0.05) is 6.42 Å². The second-order valence-corrected chi connectivity index (χ2v) is 14.4. The van der Waals surface area contributed by atoms with Crippen molar-refractivity contribution in [2.75, 3.05) is 6.61 Å². The van der Waals surface area contributed by atoms with Gasteiger partial charge in [-0.2, -0.15) is 0 Å². The molecule has 2 N–H and O–H groups in total. The summed E-state index contributed by atoms with van der Waals surface area (Å²) in [7, 11) is -4.89. The summed E-state index contributed by atoms with van der Waals surface area (Å²) in [6.07, 6.45) is 0.575. The van der Waals surface area contributed by atoms with Gasteiger partial charge >= 0.3 is 8.56 Å². The molecule has 1 atom stereocenters. The molecule has 0 aliphatic carbocycles. The fourth-order valence-corrected chi connectivity index (χ4v) is 6.58. The molecule has 0 bridgehead atoms.